The maximum atomic E-state index is 5.40. The van der Waals surface area contributed by atoms with Gasteiger partial charge < -0.3 is 4.74 Å². The second-order valence-corrected chi connectivity index (χ2v) is 3.98. The predicted octanol–water partition coefficient (Wildman–Crippen LogP) is 3.31. The molecule has 0 saturated carbocycles. The van der Waals surface area contributed by atoms with Gasteiger partial charge in [0.25, 0.3) is 0 Å². The van der Waals surface area contributed by atoms with Crippen LogP contribution < -0.4 is 4.74 Å². The first-order valence-corrected chi connectivity index (χ1v) is 5.74. The van der Waals surface area contributed by atoms with Gasteiger partial charge in [-0.3, -0.25) is 0 Å². The van der Waals surface area contributed by atoms with Crippen molar-refractivity contribution in [3.05, 3.63) is 54.7 Å². The highest BCUT2D eigenvalue weighted by Gasteiger charge is 2.09. The molecule has 0 saturated heterocycles. The van der Waals surface area contributed by atoms with Gasteiger partial charge in [-0.15, -0.1) is 0 Å². The van der Waals surface area contributed by atoms with E-state index < -0.39 is 0 Å². The van der Waals surface area contributed by atoms with Crippen molar-refractivity contribution in [2.45, 2.75) is 0 Å². The minimum absolute atomic E-state index is 0.843. The van der Waals surface area contributed by atoms with Crippen molar-refractivity contribution in [2.75, 3.05) is 7.11 Å². The molecule has 0 N–H and O–H groups in total. The van der Waals surface area contributed by atoms with Gasteiger partial charge in [-0.2, -0.15) is 10.2 Å². The van der Waals surface area contributed by atoms with Crippen LogP contribution in [-0.2, 0) is 0 Å². The van der Waals surface area contributed by atoms with Crippen LogP contribution in [0.4, 0.5) is 0 Å². The summed E-state index contributed by atoms with van der Waals surface area (Å²) in [5, 5.41) is 9.27. The highest BCUT2D eigenvalue weighted by Crippen LogP contribution is 2.33. The van der Waals surface area contributed by atoms with Gasteiger partial charge in [-0.25, -0.2) is 0 Å². The van der Waals surface area contributed by atoms with E-state index in [1.165, 1.54) is 0 Å². The summed E-state index contributed by atoms with van der Waals surface area (Å²) in [6, 6.07) is 15.9. The quantitative estimate of drug-likeness (QED) is 0.684. The lowest BCUT2D eigenvalue weighted by molar-refractivity contribution is 0.416. The molecule has 2 aromatic carbocycles. The van der Waals surface area contributed by atoms with E-state index in [4.69, 9.17) is 4.74 Å². The monoisotopic (exact) mass is 236 g/mol. The molecule has 0 unspecified atom stereocenters. The highest BCUT2D eigenvalue weighted by atomic mass is 16.5. The Kier molecular flexibility index (Phi) is 2.65. The number of aromatic nitrogens is 2. The molecular weight excluding hydrogens is 224 g/mol. The second kappa shape index (κ2) is 4.45. The van der Waals surface area contributed by atoms with Gasteiger partial charge in [0.1, 0.15) is 5.75 Å². The Morgan fingerprint density at radius 2 is 1.67 bits per heavy atom. The van der Waals surface area contributed by atoms with Crippen LogP contribution in [0.3, 0.4) is 0 Å². The van der Waals surface area contributed by atoms with Crippen molar-refractivity contribution in [3.63, 3.8) is 0 Å². The first-order chi connectivity index (χ1) is 8.90. The molecule has 18 heavy (non-hydrogen) atoms. The molecule has 3 nitrogen and oxygen atoms in total. The minimum atomic E-state index is 0.843. The van der Waals surface area contributed by atoms with Gasteiger partial charge in [0.2, 0.25) is 0 Å². The second-order valence-electron chi connectivity index (χ2n) is 3.98. The Labute approximate surface area is 105 Å². The van der Waals surface area contributed by atoms with E-state index in [1.54, 1.807) is 13.3 Å². The number of benzene rings is 2. The Hall–Kier alpha value is -2.42. The maximum Gasteiger partial charge on any atom is 0.126 e. The lowest BCUT2D eigenvalue weighted by Gasteiger charge is -2.09. The molecule has 0 aliphatic heterocycles. The zero-order valence-electron chi connectivity index (χ0n) is 10.00. The molecule has 1 aromatic heterocycles. The SMILES string of the molecule is COc1ccccc1-c1cnnc2ccccc12. The Morgan fingerprint density at radius 3 is 2.56 bits per heavy atom. The molecule has 0 spiro atoms. The van der Waals surface area contributed by atoms with Crippen LogP contribution in [0.5, 0.6) is 5.75 Å². The summed E-state index contributed by atoms with van der Waals surface area (Å²) < 4.78 is 5.40. The number of methoxy groups -OCH3 is 1. The van der Waals surface area contributed by atoms with Gasteiger partial charge in [0.15, 0.2) is 0 Å². The van der Waals surface area contributed by atoms with Gasteiger partial charge in [-0.1, -0.05) is 36.4 Å². The molecule has 0 aliphatic rings. The number of rotatable bonds is 2. The van der Waals surface area contributed by atoms with E-state index in [2.05, 4.69) is 10.2 Å². The lowest BCUT2D eigenvalue weighted by atomic mass is 10.0. The van der Waals surface area contributed by atoms with Crippen LogP contribution in [0.25, 0.3) is 22.0 Å². The number of hydrogen-bond donors (Lipinski definition) is 0. The number of ether oxygens (including phenoxy) is 1. The number of fused-ring (bicyclic) bond motifs is 1. The summed E-state index contributed by atoms with van der Waals surface area (Å²) in [4.78, 5) is 0. The molecule has 0 bridgehead atoms. The third-order valence-electron chi connectivity index (χ3n) is 2.94. The molecule has 0 radical (unpaired) electrons. The Morgan fingerprint density at radius 1 is 0.889 bits per heavy atom. The largest absolute Gasteiger partial charge is 0.496 e. The lowest BCUT2D eigenvalue weighted by Crippen LogP contribution is -1.91. The van der Waals surface area contributed by atoms with E-state index in [1.807, 2.05) is 48.5 Å². The van der Waals surface area contributed by atoms with Gasteiger partial charge >= 0.3 is 0 Å². The van der Waals surface area contributed by atoms with Crippen molar-refractivity contribution in [1.82, 2.24) is 10.2 Å². The van der Waals surface area contributed by atoms with Crippen LogP contribution in [-0.4, -0.2) is 17.3 Å². The number of nitrogens with zero attached hydrogens (tertiary/aromatic N) is 2. The average Bonchev–Trinajstić information content (AvgIpc) is 2.46. The van der Waals surface area contributed by atoms with Crippen molar-refractivity contribution in [1.29, 1.82) is 0 Å². The van der Waals surface area contributed by atoms with E-state index in [0.29, 0.717) is 0 Å². The van der Waals surface area contributed by atoms with Crippen molar-refractivity contribution in [2.24, 2.45) is 0 Å². The fraction of sp³-hybridized carbons (Fsp3) is 0.0667. The molecule has 3 aromatic rings. The summed E-state index contributed by atoms with van der Waals surface area (Å²) in [6.45, 7) is 0. The predicted molar refractivity (Wildman–Crippen MR) is 71.5 cm³/mol. The van der Waals surface area contributed by atoms with Crippen LogP contribution in [0.1, 0.15) is 0 Å². The number of hydrogen-bond acceptors (Lipinski definition) is 3. The van der Waals surface area contributed by atoms with E-state index in [0.717, 1.165) is 27.8 Å². The fourth-order valence-corrected chi connectivity index (χ4v) is 2.09. The van der Waals surface area contributed by atoms with Crippen LogP contribution in [0.2, 0.25) is 0 Å². The smallest absolute Gasteiger partial charge is 0.126 e. The Bertz CT molecular complexity index is 689. The third kappa shape index (κ3) is 1.70. The third-order valence-corrected chi connectivity index (χ3v) is 2.94. The van der Waals surface area contributed by atoms with Crippen LogP contribution in [0, 0.1) is 0 Å². The van der Waals surface area contributed by atoms with E-state index in [9.17, 15) is 0 Å². The molecular formula is C15H12N2O. The van der Waals surface area contributed by atoms with Crippen molar-refractivity contribution >= 4 is 10.9 Å². The van der Waals surface area contributed by atoms with Gasteiger partial charge in [0, 0.05) is 16.5 Å². The fourth-order valence-electron chi connectivity index (χ4n) is 2.09. The summed E-state index contributed by atoms with van der Waals surface area (Å²) in [5.74, 6) is 0.843. The molecule has 0 amide bonds. The molecule has 1 heterocycles. The zero-order chi connectivity index (χ0) is 12.4. The van der Waals surface area contributed by atoms with Gasteiger partial charge in [-0.05, 0) is 12.1 Å². The molecule has 88 valence electrons. The summed E-state index contributed by atoms with van der Waals surface area (Å²) in [7, 11) is 1.68. The first-order valence-electron chi connectivity index (χ1n) is 5.74. The van der Waals surface area contributed by atoms with Crippen LogP contribution in [0.15, 0.2) is 54.7 Å². The van der Waals surface area contributed by atoms with Gasteiger partial charge in [0.05, 0.1) is 18.8 Å². The summed E-state index contributed by atoms with van der Waals surface area (Å²) in [5.41, 5.74) is 2.96. The van der Waals surface area contributed by atoms with Crippen LogP contribution >= 0.6 is 0 Å². The van der Waals surface area contributed by atoms with Crippen molar-refractivity contribution < 1.29 is 4.74 Å². The minimum Gasteiger partial charge on any atom is -0.496 e. The molecule has 3 rings (SSSR count). The summed E-state index contributed by atoms with van der Waals surface area (Å²) >= 11 is 0. The first kappa shape index (κ1) is 10.7. The maximum absolute atomic E-state index is 5.40. The average molecular weight is 236 g/mol. The molecule has 0 atom stereocenters. The normalized spacial score (nSPS) is 10.5. The zero-order valence-corrected chi connectivity index (χ0v) is 10.00. The molecule has 3 heteroatoms. The molecule has 0 fully saturated rings. The Balaban J connectivity index is 2.32. The summed E-state index contributed by atoms with van der Waals surface area (Å²) in [6.07, 6.45) is 1.78. The molecule has 0 aliphatic carbocycles. The highest BCUT2D eigenvalue weighted by molar-refractivity contribution is 5.95. The number of para-hydroxylation sites is 1. The van der Waals surface area contributed by atoms with E-state index in [-0.39, 0.29) is 0 Å². The van der Waals surface area contributed by atoms with Crippen molar-refractivity contribution in [3.8, 4) is 16.9 Å². The van der Waals surface area contributed by atoms with E-state index >= 15 is 0 Å². The standard InChI is InChI=1S/C15H12N2O/c1-18-15-9-5-3-7-12(15)13-10-16-17-14-8-4-2-6-11(13)14/h2-10H,1H3. The topological polar surface area (TPSA) is 35.0 Å².